The molecule has 0 bridgehead atoms. The maximum absolute atomic E-state index is 2.51. The molecular weight excluding hydrogens is 486 g/mol. The van der Waals surface area contributed by atoms with Crippen molar-refractivity contribution in [2.75, 3.05) is 16.8 Å². The lowest BCUT2D eigenvalue weighted by molar-refractivity contribution is 0.774. The fourth-order valence-electron chi connectivity index (χ4n) is 6.62. The van der Waals surface area contributed by atoms with Crippen molar-refractivity contribution in [1.29, 1.82) is 0 Å². The van der Waals surface area contributed by atoms with E-state index in [0.717, 1.165) is 6.42 Å². The molecule has 0 radical (unpaired) electrons. The number of benzene rings is 5. The van der Waals surface area contributed by atoms with Crippen LogP contribution >= 0.6 is 0 Å². The van der Waals surface area contributed by atoms with Crippen LogP contribution in [0.2, 0.25) is 0 Å². The topological polar surface area (TPSA) is 11.4 Å². The van der Waals surface area contributed by atoms with Gasteiger partial charge in [0.2, 0.25) is 0 Å². The Morgan fingerprint density at radius 3 is 2.12 bits per heavy atom. The average Bonchev–Trinajstić information content (AvgIpc) is 3.53. The molecule has 0 saturated carbocycles. The lowest BCUT2D eigenvalue weighted by atomic mass is 9.93. The highest BCUT2D eigenvalue weighted by Crippen LogP contribution is 2.48. The largest absolute Gasteiger partial charge is 0.348 e. The minimum absolute atomic E-state index is 0.269. The maximum atomic E-state index is 2.51. The molecule has 0 spiro atoms. The zero-order valence-corrected chi connectivity index (χ0v) is 22.4. The summed E-state index contributed by atoms with van der Waals surface area (Å²) >= 11 is 0. The zero-order chi connectivity index (χ0) is 26.6. The van der Waals surface area contributed by atoms with Crippen molar-refractivity contribution in [2.45, 2.75) is 12.5 Å². The van der Waals surface area contributed by atoms with Crippen LogP contribution in [0.25, 0.3) is 33.1 Å². The second-order valence-electron chi connectivity index (χ2n) is 10.7. The van der Waals surface area contributed by atoms with Gasteiger partial charge < -0.3 is 14.4 Å². The van der Waals surface area contributed by atoms with Gasteiger partial charge in [-0.05, 0) is 66.2 Å². The molecule has 1 unspecified atom stereocenters. The van der Waals surface area contributed by atoms with Crippen LogP contribution < -0.4 is 9.80 Å². The van der Waals surface area contributed by atoms with Crippen molar-refractivity contribution in [1.82, 2.24) is 4.57 Å². The van der Waals surface area contributed by atoms with Gasteiger partial charge in [-0.2, -0.15) is 0 Å². The first kappa shape index (κ1) is 22.9. The van der Waals surface area contributed by atoms with Gasteiger partial charge in [-0.1, -0.05) is 78.9 Å². The molecule has 5 aromatic carbocycles. The lowest BCUT2D eigenvalue weighted by Gasteiger charge is -2.33. The standard InChI is InChI=1S/C37H29N3/c1-38(28-21-23-36-33(24-28)31-17-9-11-19-35(31)39(36)26-12-4-2-5-13-26)29-20-22-32-30-16-8-10-18-34(30)40(37(32)25-29)27-14-6-3-7-15-27/h2-24,37H,25H2,1H3. The van der Waals surface area contributed by atoms with Crippen molar-refractivity contribution < 1.29 is 0 Å². The van der Waals surface area contributed by atoms with Crippen LogP contribution in [0, 0.1) is 0 Å². The summed E-state index contributed by atoms with van der Waals surface area (Å²) in [6.45, 7) is 0. The Morgan fingerprint density at radius 2 is 1.30 bits per heavy atom. The van der Waals surface area contributed by atoms with Crippen LogP contribution in [-0.2, 0) is 0 Å². The molecular formula is C37H29N3. The summed E-state index contributed by atoms with van der Waals surface area (Å²) in [6, 6.07) is 46.1. The van der Waals surface area contributed by atoms with E-state index in [2.05, 4.69) is 161 Å². The van der Waals surface area contributed by atoms with Crippen LogP contribution in [-0.4, -0.2) is 17.7 Å². The number of anilines is 3. The molecule has 0 amide bonds. The van der Waals surface area contributed by atoms with Crippen LogP contribution in [0.15, 0.2) is 145 Å². The summed E-state index contributed by atoms with van der Waals surface area (Å²) in [4.78, 5) is 4.88. The monoisotopic (exact) mass is 515 g/mol. The third kappa shape index (κ3) is 3.44. The van der Waals surface area contributed by atoms with Crippen molar-refractivity contribution in [2.24, 2.45) is 0 Å². The molecule has 0 saturated heterocycles. The lowest BCUT2D eigenvalue weighted by Crippen LogP contribution is -2.32. The van der Waals surface area contributed by atoms with Gasteiger partial charge in [0.15, 0.2) is 0 Å². The fraction of sp³-hybridized carbons (Fsp3) is 0.0811. The number of aromatic nitrogens is 1. The van der Waals surface area contributed by atoms with Crippen LogP contribution in [0.4, 0.5) is 17.1 Å². The first-order valence-corrected chi connectivity index (χ1v) is 13.9. The van der Waals surface area contributed by atoms with E-state index in [1.807, 2.05) is 0 Å². The summed E-state index contributed by atoms with van der Waals surface area (Å²) in [5.74, 6) is 0. The number of allylic oxidation sites excluding steroid dienone is 2. The first-order valence-electron chi connectivity index (χ1n) is 13.9. The van der Waals surface area contributed by atoms with E-state index < -0.39 is 0 Å². The molecule has 192 valence electrons. The van der Waals surface area contributed by atoms with Gasteiger partial charge in [-0.25, -0.2) is 0 Å². The summed E-state index contributed by atoms with van der Waals surface area (Å²) in [6.07, 6.45) is 5.59. The summed E-state index contributed by atoms with van der Waals surface area (Å²) in [7, 11) is 2.21. The molecule has 1 aliphatic carbocycles. The molecule has 0 N–H and O–H groups in total. The van der Waals surface area contributed by atoms with Gasteiger partial charge in [-0.15, -0.1) is 0 Å². The first-order chi connectivity index (χ1) is 19.8. The Bertz CT molecular complexity index is 1950. The molecule has 1 aliphatic heterocycles. The van der Waals surface area contributed by atoms with E-state index >= 15 is 0 Å². The highest BCUT2D eigenvalue weighted by atomic mass is 15.2. The van der Waals surface area contributed by atoms with E-state index in [1.165, 1.54) is 61.4 Å². The fourth-order valence-corrected chi connectivity index (χ4v) is 6.62. The number of nitrogens with zero attached hydrogens (tertiary/aromatic N) is 3. The normalized spacial score (nSPS) is 16.0. The number of para-hydroxylation sites is 4. The van der Waals surface area contributed by atoms with E-state index in [9.17, 15) is 0 Å². The van der Waals surface area contributed by atoms with Crippen molar-refractivity contribution in [3.05, 3.63) is 151 Å². The Balaban J connectivity index is 1.21. The third-order valence-electron chi connectivity index (χ3n) is 8.53. The quantitative estimate of drug-likeness (QED) is 0.232. The molecule has 40 heavy (non-hydrogen) atoms. The predicted molar refractivity (Wildman–Crippen MR) is 169 cm³/mol. The summed E-state index contributed by atoms with van der Waals surface area (Å²) in [5, 5.41) is 2.55. The maximum Gasteiger partial charge on any atom is 0.0653 e. The number of rotatable bonds is 4. The van der Waals surface area contributed by atoms with Gasteiger partial charge in [-0.3, -0.25) is 0 Å². The Kier molecular flexibility index (Phi) is 5.17. The van der Waals surface area contributed by atoms with Crippen molar-refractivity contribution >= 4 is 44.4 Å². The van der Waals surface area contributed by atoms with E-state index in [4.69, 9.17) is 0 Å². The molecule has 3 heteroatoms. The smallest absolute Gasteiger partial charge is 0.0653 e. The van der Waals surface area contributed by atoms with Crippen molar-refractivity contribution in [3.63, 3.8) is 0 Å². The van der Waals surface area contributed by atoms with Gasteiger partial charge in [0.1, 0.15) is 0 Å². The van der Waals surface area contributed by atoms with E-state index in [-0.39, 0.29) is 6.04 Å². The highest BCUT2D eigenvalue weighted by Gasteiger charge is 2.37. The molecule has 2 aliphatic rings. The van der Waals surface area contributed by atoms with Crippen LogP contribution in [0.3, 0.4) is 0 Å². The molecule has 8 rings (SSSR count). The zero-order valence-electron chi connectivity index (χ0n) is 22.4. The Labute approximate surface area is 234 Å². The number of hydrogen-bond donors (Lipinski definition) is 0. The van der Waals surface area contributed by atoms with Crippen LogP contribution in [0.5, 0.6) is 0 Å². The van der Waals surface area contributed by atoms with Gasteiger partial charge >= 0.3 is 0 Å². The molecule has 1 atom stereocenters. The number of fused-ring (bicyclic) bond motifs is 6. The average molecular weight is 516 g/mol. The SMILES string of the molecule is CN(C1=CC=C2c3ccccc3N(c3ccccc3)C2C1)c1ccc2c(c1)c1ccccc1n2-c1ccccc1. The summed E-state index contributed by atoms with van der Waals surface area (Å²) in [5.41, 5.74) is 11.4. The number of hydrogen-bond acceptors (Lipinski definition) is 2. The highest BCUT2D eigenvalue weighted by molar-refractivity contribution is 6.10. The molecule has 6 aromatic rings. The Hall–Kier alpha value is -5.02. The second-order valence-corrected chi connectivity index (χ2v) is 10.7. The predicted octanol–water partition coefficient (Wildman–Crippen LogP) is 9.11. The second kappa shape index (κ2) is 9.03. The minimum atomic E-state index is 0.269. The molecule has 0 fully saturated rings. The minimum Gasteiger partial charge on any atom is -0.348 e. The van der Waals surface area contributed by atoms with Crippen molar-refractivity contribution in [3.8, 4) is 5.69 Å². The van der Waals surface area contributed by atoms with E-state index in [1.54, 1.807) is 0 Å². The molecule has 1 aromatic heterocycles. The van der Waals surface area contributed by atoms with Gasteiger partial charge in [0, 0.05) is 58.3 Å². The third-order valence-corrected chi connectivity index (χ3v) is 8.53. The molecule has 2 heterocycles. The Morgan fingerprint density at radius 1 is 0.625 bits per heavy atom. The summed E-state index contributed by atoms with van der Waals surface area (Å²) < 4.78 is 2.37. The van der Waals surface area contributed by atoms with Crippen LogP contribution in [0.1, 0.15) is 12.0 Å². The van der Waals surface area contributed by atoms with Gasteiger partial charge in [0.05, 0.1) is 17.1 Å². The molecule has 3 nitrogen and oxygen atoms in total. The van der Waals surface area contributed by atoms with Gasteiger partial charge in [0.25, 0.3) is 0 Å². The van der Waals surface area contributed by atoms with E-state index in [0.29, 0.717) is 0 Å².